The van der Waals surface area contributed by atoms with E-state index in [-0.39, 0.29) is 0 Å². The quantitative estimate of drug-likeness (QED) is 0.763. The fourth-order valence-electron chi connectivity index (χ4n) is 1.92. The molecule has 0 aromatic carbocycles. The van der Waals surface area contributed by atoms with Crippen LogP contribution in [0.15, 0.2) is 28.3 Å². The van der Waals surface area contributed by atoms with Crippen molar-refractivity contribution in [2.24, 2.45) is 0 Å². The van der Waals surface area contributed by atoms with Gasteiger partial charge in [0.1, 0.15) is 17.2 Å². The van der Waals surface area contributed by atoms with Gasteiger partial charge in [0.15, 0.2) is 5.82 Å². The lowest BCUT2D eigenvalue weighted by molar-refractivity contribution is 0.658. The molecular weight excluding hydrogens is 338 g/mol. The molecule has 0 spiro atoms. The van der Waals surface area contributed by atoms with Crippen molar-refractivity contribution in [3.05, 3.63) is 34.1 Å². The number of rotatable bonds is 5. The van der Waals surface area contributed by atoms with Crippen LogP contribution < -0.4 is 5.32 Å². The molecule has 3 aromatic heterocycles. The summed E-state index contributed by atoms with van der Waals surface area (Å²) in [4.78, 5) is 10.2. The standard InChI is InChI=1S/C13H14BrN5S/c1-2-4-15-12-10-3-5-20-13(10)18-11(17-12)8-19-7-9(14)6-16-19/h3,5-7H,2,4,8H2,1H3,(H,15,17,18). The molecule has 0 saturated carbocycles. The molecule has 20 heavy (non-hydrogen) atoms. The Bertz CT molecular complexity index is 720. The molecule has 0 unspecified atom stereocenters. The molecule has 0 atom stereocenters. The van der Waals surface area contributed by atoms with E-state index in [9.17, 15) is 0 Å². The Labute approximate surface area is 129 Å². The first-order valence-electron chi connectivity index (χ1n) is 6.42. The zero-order valence-corrected chi connectivity index (χ0v) is 13.4. The molecule has 3 rings (SSSR count). The summed E-state index contributed by atoms with van der Waals surface area (Å²) in [6.07, 6.45) is 4.75. The van der Waals surface area contributed by atoms with Crippen LogP contribution in [0.1, 0.15) is 19.2 Å². The van der Waals surface area contributed by atoms with Gasteiger partial charge in [-0.1, -0.05) is 6.92 Å². The lowest BCUT2D eigenvalue weighted by atomic mass is 10.3. The van der Waals surface area contributed by atoms with Crippen molar-refractivity contribution >= 4 is 43.3 Å². The third-order valence-electron chi connectivity index (χ3n) is 2.82. The zero-order chi connectivity index (χ0) is 13.9. The first-order chi connectivity index (χ1) is 9.76. The number of halogens is 1. The van der Waals surface area contributed by atoms with Gasteiger partial charge in [0.05, 0.1) is 16.1 Å². The first-order valence-corrected chi connectivity index (χ1v) is 8.09. The molecule has 0 amide bonds. The Kier molecular flexibility index (Phi) is 3.98. The van der Waals surface area contributed by atoms with Crippen LogP contribution in [0, 0.1) is 0 Å². The summed E-state index contributed by atoms with van der Waals surface area (Å²) in [6, 6.07) is 2.06. The summed E-state index contributed by atoms with van der Waals surface area (Å²) in [7, 11) is 0. The lowest BCUT2D eigenvalue weighted by Gasteiger charge is -2.08. The highest BCUT2D eigenvalue weighted by Gasteiger charge is 2.09. The van der Waals surface area contributed by atoms with Crippen LogP contribution in [0.4, 0.5) is 5.82 Å². The monoisotopic (exact) mass is 351 g/mol. The minimum atomic E-state index is 0.570. The van der Waals surface area contributed by atoms with E-state index in [1.54, 1.807) is 17.5 Å². The van der Waals surface area contributed by atoms with E-state index in [1.807, 2.05) is 16.3 Å². The number of anilines is 1. The van der Waals surface area contributed by atoms with Crippen LogP contribution in [-0.4, -0.2) is 26.3 Å². The van der Waals surface area contributed by atoms with Crippen molar-refractivity contribution < 1.29 is 0 Å². The summed E-state index contributed by atoms with van der Waals surface area (Å²) >= 11 is 5.03. The number of nitrogens with one attached hydrogen (secondary N) is 1. The van der Waals surface area contributed by atoms with E-state index in [0.29, 0.717) is 6.54 Å². The highest BCUT2D eigenvalue weighted by Crippen LogP contribution is 2.25. The van der Waals surface area contributed by atoms with Gasteiger partial charge in [-0.15, -0.1) is 11.3 Å². The number of hydrogen-bond donors (Lipinski definition) is 1. The van der Waals surface area contributed by atoms with Crippen LogP contribution in [0.3, 0.4) is 0 Å². The predicted molar refractivity (Wildman–Crippen MR) is 85.2 cm³/mol. The van der Waals surface area contributed by atoms with E-state index in [1.165, 1.54) is 0 Å². The third-order valence-corrected chi connectivity index (χ3v) is 4.04. The number of hydrogen-bond acceptors (Lipinski definition) is 5. The Hall–Kier alpha value is -1.47. The maximum absolute atomic E-state index is 4.62. The van der Waals surface area contributed by atoms with Crippen molar-refractivity contribution in [2.75, 3.05) is 11.9 Å². The summed E-state index contributed by atoms with van der Waals surface area (Å²) < 4.78 is 2.78. The molecule has 5 nitrogen and oxygen atoms in total. The molecule has 0 bridgehead atoms. The SMILES string of the molecule is CCCNc1nc(Cn2cc(Br)cn2)nc2sccc12. The van der Waals surface area contributed by atoms with Crippen LogP contribution in [-0.2, 0) is 6.54 Å². The molecule has 7 heteroatoms. The maximum Gasteiger partial charge on any atom is 0.153 e. The summed E-state index contributed by atoms with van der Waals surface area (Å²) in [5.74, 6) is 1.69. The predicted octanol–water partition coefficient (Wildman–Crippen LogP) is 3.52. The van der Waals surface area contributed by atoms with Gasteiger partial charge >= 0.3 is 0 Å². The fourth-order valence-corrected chi connectivity index (χ4v) is 3.03. The van der Waals surface area contributed by atoms with Crippen molar-refractivity contribution in [3.8, 4) is 0 Å². The molecule has 3 heterocycles. The van der Waals surface area contributed by atoms with E-state index in [4.69, 9.17) is 0 Å². The molecule has 1 N–H and O–H groups in total. The Balaban J connectivity index is 1.94. The molecule has 0 saturated heterocycles. The van der Waals surface area contributed by atoms with Gasteiger partial charge in [-0.2, -0.15) is 5.10 Å². The Morgan fingerprint density at radius 2 is 2.30 bits per heavy atom. The average molecular weight is 352 g/mol. The second-order valence-electron chi connectivity index (χ2n) is 4.41. The van der Waals surface area contributed by atoms with Crippen molar-refractivity contribution in [3.63, 3.8) is 0 Å². The Morgan fingerprint density at radius 1 is 1.40 bits per heavy atom. The van der Waals surface area contributed by atoms with Crippen molar-refractivity contribution in [1.29, 1.82) is 0 Å². The van der Waals surface area contributed by atoms with Crippen LogP contribution in [0.5, 0.6) is 0 Å². The lowest BCUT2D eigenvalue weighted by Crippen LogP contribution is -2.08. The molecule has 104 valence electrons. The van der Waals surface area contributed by atoms with Gasteiger partial charge in [0.25, 0.3) is 0 Å². The fraction of sp³-hybridized carbons (Fsp3) is 0.308. The van der Waals surface area contributed by atoms with Crippen LogP contribution in [0.2, 0.25) is 0 Å². The summed E-state index contributed by atoms with van der Waals surface area (Å²) in [5.41, 5.74) is 0. The molecule has 0 aliphatic rings. The summed E-state index contributed by atoms with van der Waals surface area (Å²) in [5, 5.41) is 10.8. The summed E-state index contributed by atoms with van der Waals surface area (Å²) in [6.45, 7) is 3.62. The van der Waals surface area contributed by atoms with E-state index in [0.717, 1.165) is 39.3 Å². The maximum atomic E-state index is 4.62. The van der Waals surface area contributed by atoms with E-state index >= 15 is 0 Å². The molecule has 3 aromatic rings. The highest BCUT2D eigenvalue weighted by atomic mass is 79.9. The van der Waals surface area contributed by atoms with Gasteiger partial charge in [-0.3, -0.25) is 4.68 Å². The van der Waals surface area contributed by atoms with Gasteiger partial charge in [0.2, 0.25) is 0 Å². The normalized spacial score (nSPS) is 11.1. The Morgan fingerprint density at radius 3 is 3.05 bits per heavy atom. The molecule has 0 aliphatic heterocycles. The van der Waals surface area contributed by atoms with Crippen molar-refractivity contribution in [2.45, 2.75) is 19.9 Å². The van der Waals surface area contributed by atoms with E-state index in [2.05, 4.69) is 49.3 Å². The number of aromatic nitrogens is 4. The topological polar surface area (TPSA) is 55.6 Å². The van der Waals surface area contributed by atoms with Gasteiger partial charge in [-0.05, 0) is 33.8 Å². The van der Waals surface area contributed by atoms with Crippen LogP contribution in [0.25, 0.3) is 10.2 Å². The minimum absolute atomic E-state index is 0.570. The zero-order valence-electron chi connectivity index (χ0n) is 11.0. The smallest absolute Gasteiger partial charge is 0.153 e. The largest absolute Gasteiger partial charge is 0.369 e. The molecular formula is C13H14BrN5S. The average Bonchev–Trinajstić information content (AvgIpc) is 3.05. The first kappa shape index (κ1) is 13.5. The van der Waals surface area contributed by atoms with Gasteiger partial charge < -0.3 is 5.32 Å². The number of nitrogens with zero attached hydrogens (tertiary/aromatic N) is 4. The number of thiophene rings is 1. The highest BCUT2D eigenvalue weighted by molar-refractivity contribution is 9.10. The molecule has 0 aliphatic carbocycles. The van der Waals surface area contributed by atoms with E-state index < -0.39 is 0 Å². The third kappa shape index (κ3) is 2.83. The minimum Gasteiger partial charge on any atom is -0.369 e. The second-order valence-corrected chi connectivity index (χ2v) is 6.22. The van der Waals surface area contributed by atoms with Gasteiger partial charge in [-0.25, -0.2) is 9.97 Å². The molecule has 0 radical (unpaired) electrons. The van der Waals surface area contributed by atoms with Crippen molar-refractivity contribution in [1.82, 2.24) is 19.7 Å². The number of fused-ring (bicyclic) bond motifs is 1. The second kappa shape index (κ2) is 5.88. The van der Waals surface area contributed by atoms with Crippen LogP contribution >= 0.6 is 27.3 Å². The van der Waals surface area contributed by atoms with Gasteiger partial charge in [0, 0.05) is 12.7 Å². The molecule has 0 fully saturated rings.